The molecule has 39 heavy (non-hydrogen) atoms. The Kier molecular flexibility index (Phi) is 9.68. The fourth-order valence-electron chi connectivity index (χ4n) is 4.62. The SMILES string of the molecule is Cc1ccnc(-c2cc(N3CCCCC3)ccc2NC(=O)c2cccc(CSCCC(=O)OC(C)(C)C)c2)c1. The number of esters is 1. The number of aromatic nitrogens is 1. The number of nitrogens with one attached hydrogen (secondary N) is 1. The number of rotatable bonds is 9. The van der Waals surface area contributed by atoms with Crippen LogP contribution in [0.15, 0.2) is 60.8 Å². The van der Waals surface area contributed by atoms with E-state index >= 15 is 0 Å². The third kappa shape index (κ3) is 8.59. The van der Waals surface area contributed by atoms with Crippen LogP contribution in [-0.4, -0.2) is 41.3 Å². The van der Waals surface area contributed by atoms with Crippen molar-refractivity contribution in [3.63, 3.8) is 0 Å². The summed E-state index contributed by atoms with van der Waals surface area (Å²) in [7, 11) is 0. The van der Waals surface area contributed by atoms with E-state index in [9.17, 15) is 9.59 Å². The molecular formula is C32H39N3O3S. The molecule has 3 aromatic rings. The van der Waals surface area contributed by atoms with Crippen LogP contribution in [0.3, 0.4) is 0 Å². The molecule has 206 valence electrons. The Labute approximate surface area is 236 Å². The Balaban J connectivity index is 1.45. The van der Waals surface area contributed by atoms with Gasteiger partial charge in [-0.05, 0) is 101 Å². The summed E-state index contributed by atoms with van der Waals surface area (Å²) in [6.45, 7) is 9.77. The molecule has 0 aliphatic carbocycles. The minimum Gasteiger partial charge on any atom is -0.460 e. The topological polar surface area (TPSA) is 71.5 Å². The van der Waals surface area contributed by atoms with Gasteiger partial charge in [0.05, 0.1) is 17.8 Å². The molecule has 1 amide bonds. The van der Waals surface area contributed by atoms with Gasteiger partial charge in [-0.15, -0.1) is 0 Å². The molecule has 0 atom stereocenters. The van der Waals surface area contributed by atoms with Crippen LogP contribution in [0.4, 0.5) is 11.4 Å². The van der Waals surface area contributed by atoms with E-state index in [1.165, 1.54) is 19.3 Å². The molecular weight excluding hydrogens is 506 g/mol. The van der Waals surface area contributed by atoms with Crippen molar-refractivity contribution in [3.8, 4) is 11.3 Å². The fourth-order valence-corrected chi connectivity index (χ4v) is 5.49. The summed E-state index contributed by atoms with van der Waals surface area (Å²) in [5.41, 5.74) is 5.97. The van der Waals surface area contributed by atoms with Crippen LogP contribution >= 0.6 is 11.8 Å². The maximum absolute atomic E-state index is 13.3. The smallest absolute Gasteiger partial charge is 0.307 e. The third-order valence-electron chi connectivity index (χ3n) is 6.49. The predicted molar refractivity (Wildman–Crippen MR) is 161 cm³/mol. The maximum atomic E-state index is 13.3. The number of carbonyl (C=O) groups excluding carboxylic acids is 2. The first-order chi connectivity index (χ1) is 18.7. The van der Waals surface area contributed by atoms with Crippen LogP contribution in [0.25, 0.3) is 11.3 Å². The molecule has 2 aromatic carbocycles. The van der Waals surface area contributed by atoms with Gasteiger partial charge in [0.15, 0.2) is 0 Å². The summed E-state index contributed by atoms with van der Waals surface area (Å²) in [5.74, 6) is 1.04. The lowest BCUT2D eigenvalue weighted by Gasteiger charge is -2.29. The quantitative estimate of drug-likeness (QED) is 0.225. The van der Waals surface area contributed by atoms with Crippen LogP contribution < -0.4 is 10.2 Å². The van der Waals surface area contributed by atoms with Crippen LogP contribution in [-0.2, 0) is 15.3 Å². The fraction of sp³-hybridized carbons (Fsp3) is 0.406. The highest BCUT2D eigenvalue weighted by Crippen LogP contribution is 2.33. The highest BCUT2D eigenvalue weighted by Gasteiger charge is 2.18. The molecule has 7 heteroatoms. The lowest BCUT2D eigenvalue weighted by Crippen LogP contribution is -2.29. The van der Waals surface area contributed by atoms with Crippen molar-refractivity contribution in [3.05, 3.63) is 77.5 Å². The average molecular weight is 546 g/mol. The second-order valence-electron chi connectivity index (χ2n) is 11.0. The van der Waals surface area contributed by atoms with Gasteiger partial charge in [-0.1, -0.05) is 12.1 Å². The number of piperidine rings is 1. The lowest BCUT2D eigenvalue weighted by molar-refractivity contribution is -0.154. The molecule has 0 bridgehead atoms. The van der Waals surface area contributed by atoms with Crippen LogP contribution in [0, 0.1) is 6.92 Å². The molecule has 1 aromatic heterocycles. The Hall–Kier alpha value is -3.32. The maximum Gasteiger partial charge on any atom is 0.307 e. The van der Waals surface area contributed by atoms with E-state index in [1.807, 2.05) is 63.4 Å². The predicted octanol–water partition coefficient (Wildman–Crippen LogP) is 7.26. The van der Waals surface area contributed by atoms with Gasteiger partial charge in [-0.2, -0.15) is 11.8 Å². The second-order valence-corrected chi connectivity index (χ2v) is 12.1. The van der Waals surface area contributed by atoms with E-state index in [2.05, 4.69) is 40.3 Å². The van der Waals surface area contributed by atoms with Crippen molar-refractivity contribution in [2.45, 2.75) is 64.7 Å². The molecule has 0 saturated carbocycles. The first-order valence-electron chi connectivity index (χ1n) is 13.7. The van der Waals surface area contributed by atoms with E-state index in [1.54, 1.807) is 11.8 Å². The van der Waals surface area contributed by atoms with Crippen molar-refractivity contribution in [1.29, 1.82) is 0 Å². The van der Waals surface area contributed by atoms with Crippen molar-refractivity contribution >= 4 is 35.0 Å². The number of carbonyl (C=O) groups is 2. The van der Waals surface area contributed by atoms with Gasteiger partial charge < -0.3 is 15.0 Å². The minimum absolute atomic E-state index is 0.157. The van der Waals surface area contributed by atoms with Crippen LogP contribution in [0.1, 0.15) is 67.9 Å². The van der Waals surface area contributed by atoms with Crippen LogP contribution in [0.5, 0.6) is 0 Å². The van der Waals surface area contributed by atoms with E-state index in [0.29, 0.717) is 23.5 Å². The average Bonchev–Trinajstić information content (AvgIpc) is 2.91. The number of ether oxygens (including phenoxy) is 1. The molecule has 1 aliphatic rings. The van der Waals surface area contributed by atoms with Crippen LogP contribution in [0.2, 0.25) is 0 Å². The zero-order valence-electron chi connectivity index (χ0n) is 23.5. The van der Waals surface area contributed by atoms with Gasteiger partial charge in [0.1, 0.15) is 5.60 Å². The number of anilines is 2. The van der Waals surface area contributed by atoms with Gasteiger partial charge in [-0.3, -0.25) is 14.6 Å². The molecule has 6 nitrogen and oxygen atoms in total. The molecule has 0 unspecified atom stereocenters. The third-order valence-corrected chi connectivity index (χ3v) is 7.52. The lowest BCUT2D eigenvalue weighted by atomic mass is 10.0. The summed E-state index contributed by atoms with van der Waals surface area (Å²) in [5, 5.41) is 3.14. The van der Waals surface area contributed by atoms with Gasteiger partial charge in [-0.25, -0.2) is 0 Å². The number of benzene rings is 2. The monoisotopic (exact) mass is 545 g/mol. The largest absolute Gasteiger partial charge is 0.460 e. The van der Waals surface area contributed by atoms with Crippen molar-refractivity contribution in [2.75, 3.05) is 29.1 Å². The summed E-state index contributed by atoms with van der Waals surface area (Å²) < 4.78 is 5.37. The molecule has 1 saturated heterocycles. The van der Waals surface area contributed by atoms with Crippen molar-refractivity contribution < 1.29 is 14.3 Å². The van der Waals surface area contributed by atoms with Crippen molar-refractivity contribution in [2.24, 2.45) is 0 Å². The number of amides is 1. The number of hydrogen-bond acceptors (Lipinski definition) is 6. The molecule has 1 fully saturated rings. The highest BCUT2D eigenvalue weighted by atomic mass is 32.2. The molecule has 1 N–H and O–H groups in total. The van der Waals surface area contributed by atoms with E-state index < -0.39 is 5.60 Å². The molecule has 1 aliphatic heterocycles. The molecule has 0 radical (unpaired) electrons. The molecule has 2 heterocycles. The van der Waals surface area contributed by atoms with Gasteiger partial charge in [0.2, 0.25) is 0 Å². The zero-order chi connectivity index (χ0) is 27.8. The van der Waals surface area contributed by atoms with E-state index in [0.717, 1.165) is 46.8 Å². The normalized spacial score (nSPS) is 13.7. The molecule has 0 spiro atoms. The van der Waals surface area contributed by atoms with Gasteiger partial charge in [0, 0.05) is 47.6 Å². The van der Waals surface area contributed by atoms with E-state index in [-0.39, 0.29) is 11.9 Å². The second kappa shape index (κ2) is 13.2. The standard InChI is InChI=1S/C32H39N3O3S/c1-23-13-15-33-29(19-23)27-21-26(35-16-6-5-7-17-35)11-12-28(27)34-31(37)25-10-8-9-24(20-25)22-39-18-14-30(36)38-32(2,3)4/h8-13,15,19-21H,5-7,14,16-18,22H2,1-4H3,(H,34,37). The summed E-state index contributed by atoms with van der Waals surface area (Å²) in [4.78, 5) is 32.3. The zero-order valence-corrected chi connectivity index (χ0v) is 24.3. The Morgan fingerprint density at radius 2 is 1.82 bits per heavy atom. The number of pyridine rings is 1. The van der Waals surface area contributed by atoms with Gasteiger partial charge >= 0.3 is 5.97 Å². The number of nitrogens with zero attached hydrogens (tertiary/aromatic N) is 2. The van der Waals surface area contributed by atoms with Gasteiger partial charge in [0.25, 0.3) is 5.91 Å². The number of aryl methyl sites for hydroxylation is 1. The Morgan fingerprint density at radius 1 is 1.03 bits per heavy atom. The summed E-state index contributed by atoms with van der Waals surface area (Å²) in [6, 6.07) is 17.9. The number of hydrogen-bond donors (Lipinski definition) is 1. The minimum atomic E-state index is -0.466. The summed E-state index contributed by atoms with van der Waals surface area (Å²) >= 11 is 1.66. The van der Waals surface area contributed by atoms with Crippen molar-refractivity contribution in [1.82, 2.24) is 4.98 Å². The van der Waals surface area contributed by atoms with E-state index in [4.69, 9.17) is 4.74 Å². The Morgan fingerprint density at radius 3 is 2.56 bits per heavy atom. The first-order valence-corrected chi connectivity index (χ1v) is 14.9. The highest BCUT2D eigenvalue weighted by molar-refractivity contribution is 7.98. The molecule has 4 rings (SSSR count). The Bertz CT molecular complexity index is 1300. The first kappa shape index (κ1) is 28.7. The number of thioether (sulfide) groups is 1. The summed E-state index contributed by atoms with van der Waals surface area (Å²) in [6.07, 6.45) is 5.86.